The van der Waals surface area contributed by atoms with E-state index in [1.54, 1.807) is 7.11 Å². The van der Waals surface area contributed by atoms with Crippen molar-refractivity contribution in [1.82, 2.24) is 10.2 Å². The van der Waals surface area contributed by atoms with Crippen molar-refractivity contribution in [2.24, 2.45) is 0 Å². The summed E-state index contributed by atoms with van der Waals surface area (Å²) in [5.74, 6) is 1.52. The molecule has 0 radical (unpaired) electrons. The molecule has 24 heavy (non-hydrogen) atoms. The van der Waals surface area contributed by atoms with Crippen molar-refractivity contribution in [3.05, 3.63) is 35.9 Å². The van der Waals surface area contributed by atoms with Crippen molar-refractivity contribution < 1.29 is 14.2 Å². The number of hydrogen-bond acceptors (Lipinski definition) is 5. The molecular weight excluding hydrogens is 304 g/mol. The molecule has 5 heteroatoms. The monoisotopic (exact) mass is 334 g/mol. The van der Waals surface area contributed by atoms with Crippen molar-refractivity contribution in [3.63, 3.8) is 0 Å². The molecule has 1 fully saturated rings. The lowest BCUT2D eigenvalue weighted by Crippen LogP contribution is -2.44. The molecule has 1 aliphatic heterocycles. The van der Waals surface area contributed by atoms with Gasteiger partial charge in [0, 0.05) is 32.2 Å². The molecule has 0 aliphatic carbocycles. The molecule has 1 atom stereocenters. The number of benzene rings is 1. The fraction of sp³-hybridized carbons (Fsp3) is 0.579. The van der Waals surface area contributed by atoms with Crippen LogP contribution in [0.25, 0.3) is 0 Å². The van der Waals surface area contributed by atoms with Gasteiger partial charge in [0.25, 0.3) is 0 Å². The van der Waals surface area contributed by atoms with E-state index in [9.17, 15) is 0 Å². The van der Waals surface area contributed by atoms with E-state index in [0.717, 1.165) is 56.5 Å². The average Bonchev–Trinajstić information content (AvgIpc) is 2.59. The summed E-state index contributed by atoms with van der Waals surface area (Å²) in [5, 5.41) is 3.58. The van der Waals surface area contributed by atoms with Crippen LogP contribution in [-0.2, 0) is 11.3 Å². The van der Waals surface area contributed by atoms with E-state index in [2.05, 4.69) is 29.8 Å². The quantitative estimate of drug-likeness (QED) is 0.703. The van der Waals surface area contributed by atoms with Crippen molar-refractivity contribution in [3.8, 4) is 11.5 Å². The Balaban J connectivity index is 1.86. The fourth-order valence-electron chi connectivity index (χ4n) is 2.67. The molecule has 1 aromatic rings. The normalized spacial score (nSPS) is 16.6. The highest BCUT2D eigenvalue weighted by atomic mass is 16.5. The van der Waals surface area contributed by atoms with E-state index in [1.807, 2.05) is 19.1 Å². The Labute approximate surface area is 145 Å². The summed E-state index contributed by atoms with van der Waals surface area (Å²) < 4.78 is 16.5. The summed E-state index contributed by atoms with van der Waals surface area (Å²) in [6.45, 7) is 14.1. The summed E-state index contributed by atoms with van der Waals surface area (Å²) in [7, 11) is 1.66. The van der Waals surface area contributed by atoms with Crippen LogP contribution in [0.2, 0.25) is 0 Å². The third kappa shape index (κ3) is 6.15. The number of methoxy groups -OCH3 is 1. The first-order valence-electron chi connectivity index (χ1n) is 8.56. The standard InChI is InChI=1S/C19H30N2O3/c1-15(2)14-24-19-11-17(5-6-18(19)22-4)12-20-16(3)13-21-7-9-23-10-8-21/h5-6,11,16,20H,1,7-10,12-14H2,2-4H3. The lowest BCUT2D eigenvalue weighted by molar-refractivity contribution is 0.0343. The molecule has 1 heterocycles. The van der Waals surface area contributed by atoms with Gasteiger partial charge in [-0.2, -0.15) is 0 Å². The molecule has 1 saturated heterocycles. The van der Waals surface area contributed by atoms with Gasteiger partial charge in [-0.25, -0.2) is 0 Å². The zero-order valence-corrected chi connectivity index (χ0v) is 15.1. The van der Waals surface area contributed by atoms with Crippen molar-refractivity contribution in [2.75, 3.05) is 46.6 Å². The smallest absolute Gasteiger partial charge is 0.161 e. The Hall–Kier alpha value is -1.56. The summed E-state index contributed by atoms with van der Waals surface area (Å²) in [5.41, 5.74) is 2.17. The van der Waals surface area contributed by atoms with Crippen LogP contribution in [0.1, 0.15) is 19.4 Å². The Morgan fingerprint density at radius 3 is 2.75 bits per heavy atom. The summed E-state index contributed by atoms with van der Waals surface area (Å²) in [6, 6.07) is 6.49. The fourth-order valence-corrected chi connectivity index (χ4v) is 2.67. The van der Waals surface area contributed by atoms with Crippen LogP contribution in [-0.4, -0.2) is 57.5 Å². The van der Waals surface area contributed by atoms with Crippen LogP contribution in [0.4, 0.5) is 0 Å². The van der Waals surface area contributed by atoms with Gasteiger partial charge in [-0.3, -0.25) is 4.90 Å². The maximum atomic E-state index is 5.78. The molecule has 0 spiro atoms. The largest absolute Gasteiger partial charge is 0.493 e. The minimum absolute atomic E-state index is 0.421. The minimum Gasteiger partial charge on any atom is -0.493 e. The second-order valence-electron chi connectivity index (χ2n) is 6.43. The first kappa shape index (κ1) is 18.8. The number of ether oxygens (including phenoxy) is 3. The maximum absolute atomic E-state index is 5.78. The summed E-state index contributed by atoms with van der Waals surface area (Å²) in [4.78, 5) is 2.44. The van der Waals surface area contributed by atoms with E-state index in [0.29, 0.717) is 12.6 Å². The molecule has 0 saturated carbocycles. The molecule has 2 rings (SSSR count). The third-order valence-electron chi connectivity index (χ3n) is 3.99. The first-order valence-corrected chi connectivity index (χ1v) is 8.56. The highest BCUT2D eigenvalue weighted by Crippen LogP contribution is 2.28. The van der Waals surface area contributed by atoms with Gasteiger partial charge in [0.1, 0.15) is 6.61 Å². The molecule has 134 valence electrons. The average molecular weight is 334 g/mol. The Morgan fingerprint density at radius 1 is 1.33 bits per heavy atom. The van der Waals surface area contributed by atoms with Gasteiger partial charge >= 0.3 is 0 Å². The number of nitrogens with zero attached hydrogens (tertiary/aromatic N) is 1. The SMILES string of the molecule is C=C(C)COc1cc(CNC(C)CN2CCOCC2)ccc1OC. The molecule has 0 bridgehead atoms. The van der Waals surface area contributed by atoms with Gasteiger partial charge in [-0.1, -0.05) is 12.6 Å². The highest BCUT2D eigenvalue weighted by Gasteiger charge is 2.13. The van der Waals surface area contributed by atoms with E-state index in [4.69, 9.17) is 14.2 Å². The number of rotatable bonds is 9. The van der Waals surface area contributed by atoms with E-state index >= 15 is 0 Å². The molecule has 5 nitrogen and oxygen atoms in total. The van der Waals surface area contributed by atoms with Crippen LogP contribution in [0.3, 0.4) is 0 Å². The van der Waals surface area contributed by atoms with E-state index in [1.165, 1.54) is 5.56 Å². The van der Waals surface area contributed by atoms with Crippen LogP contribution >= 0.6 is 0 Å². The topological polar surface area (TPSA) is 43.0 Å². The van der Waals surface area contributed by atoms with Gasteiger partial charge in [0.05, 0.1) is 20.3 Å². The van der Waals surface area contributed by atoms with Gasteiger partial charge in [0.2, 0.25) is 0 Å². The van der Waals surface area contributed by atoms with Crippen LogP contribution in [0.5, 0.6) is 11.5 Å². The second-order valence-corrected chi connectivity index (χ2v) is 6.43. The maximum Gasteiger partial charge on any atom is 0.161 e. The van der Waals surface area contributed by atoms with Gasteiger partial charge in [-0.05, 0) is 37.1 Å². The predicted molar refractivity (Wildman–Crippen MR) is 96.9 cm³/mol. The van der Waals surface area contributed by atoms with Crippen LogP contribution < -0.4 is 14.8 Å². The lowest BCUT2D eigenvalue weighted by atomic mass is 10.2. The number of hydrogen-bond donors (Lipinski definition) is 1. The zero-order chi connectivity index (χ0) is 17.4. The molecule has 1 unspecified atom stereocenters. The van der Waals surface area contributed by atoms with E-state index in [-0.39, 0.29) is 0 Å². The molecule has 0 aromatic heterocycles. The Morgan fingerprint density at radius 2 is 2.08 bits per heavy atom. The Bertz CT molecular complexity index is 527. The first-order chi connectivity index (χ1) is 11.6. The number of morpholine rings is 1. The van der Waals surface area contributed by atoms with Gasteiger partial charge < -0.3 is 19.5 Å². The van der Waals surface area contributed by atoms with Crippen LogP contribution in [0.15, 0.2) is 30.4 Å². The van der Waals surface area contributed by atoms with E-state index < -0.39 is 0 Å². The molecule has 1 aliphatic rings. The van der Waals surface area contributed by atoms with Crippen molar-refractivity contribution >= 4 is 0 Å². The van der Waals surface area contributed by atoms with Crippen molar-refractivity contribution in [1.29, 1.82) is 0 Å². The third-order valence-corrected chi connectivity index (χ3v) is 3.99. The lowest BCUT2D eigenvalue weighted by Gasteiger charge is -2.29. The molecule has 0 amide bonds. The van der Waals surface area contributed by atoms with Gasteiger partial charge in [-0.15, -0.1) is 0 Å². The molecule has 1 N–H and O–H groups in total. The summed E-state index contributed by atoms with van der Waals surface area (Å²) in [6.07, 6.45) is 0. The minimum atomic E-state index is 0.421. The zero-order valence-electron chi connectivity index (χ0n) is 15.1. The summed E-state index contributed by atoms with van der Waals surface area (Å²) >= 11 is 0. The molecule has 1 aromatic carbocycles. The van der Waals surface area contributed by atoms with Crippen molar-refractivity contribution in [2.45, 2.75) is 26.4 Å². The Kier molecular flexibility index (Phi) is 7.56. The molecular formula is C19H30N2O3. The second kappa shape index (κ2) is 9.67. The van der Waals surface area contributed by atoms with Crippen LogP contribution in [0, 0.1) is 0 Å². The van der Waals surface area contributed by atoms with Gasteiger partial charge in [0.15, 0.2) is 11.5 Å². The number of nitrogens with one attached hydrogen (secondary N) is 1. The highest BCUT2D eigenvalue weighted by molar-refractivity contribution is 5.43. The predicted octanol–water partition coefficient (Wildman–Crippen LogP) is 2.46.